The van der Waals surface area contributed by atoms with Gasteiger partial charge in [0, 0.05) is 32.7 Å². The van der Waals surface area contributed by atoms with Crippen LogP contribution >= 0.6 is 0 Å². The second-order valence-electron chi connectivity index (χ2n) is 11.6. The summed E-state index contributed by atoms with van der Waals surface area (Å²) in [5.74, 6) is 1.89. The number of piperazine rings is 1. The van der Waals surface area contributed by atoms with Gasteiger partial charge in [0.15, 0.2) is 0 Å². The van der Waals surface area contributed by atoms with Gasteiger partial charge in [-0.25, -0.2) is 8.42 Å². The average molecular weight is 493 g/mol. The first kappa shape index (κ1) is 26.1. The fourth-order valence-corrected chi connectivity index (χ4v) is 8.24. The van der Waals surface area contributed by atoms with Crippen molar-refractivity contribution in [3.63, 3.8) is 0 Å². The van der Waals surface area contributed by atoms with Gasteiger partial charge in [0.05, 0.1) is 18.5 Å². The smallest absolute Gasteiger partial charge is 0.211 e. The minimum absolute atomic E-state index is 0.316. The molecule has 0 aromatic rings. The number of allylic oxidation sites excluding steroid dienone is 3. The molecule has 0 aromatic heterocycles. The molecule has 6 nitrogen and oxygen atoms in total. The quantitative estimate of drug-likeness (QED) is 0.576. The molecule has 1 aliphatic heterocycles. The Kier molecular flexibility index (Phi) is 7.80. The Balaban J connectivity index is 1.40. The lowest BCUT2D eigenvalue weighted by atomic mass is 9.61. The van der Waals surface area contributed by atoms with Crippen LogP contribution in [0.2, 0.25) is 0 Å². The Morgan fingerprint density at radius 1 is 1.12 bits per heavy atom. The zero-order valence-electron chi connectivity index (χ0n) is 21.2. The van der Waals surface area contributed by atoms with Crippen molar-refractivity contribution in [1.29, 1.82) is 0 Å². The second kappa shape index (κ2) is 10.2. The lowest BCUT2D eigenvalue weighted by molar-refractivity contribution is 0.0699. The predicted molar refractivity (Wildman–Crippen MR) is 137 cm³/mol. The Bertz CT molecular complexity index is 918. The largest absolute Gasteiger partial charge is 0.388 e. The molecule has 1 heterocycles. The number of aliphatic hydroxyl groups is 2. The summed E-state index contributed by atoms with van der Waals surface area (Å²) in [5, 5.41) is 20.3. The molecule has 0 bridgehead atoms. The van der Waals surface area contributed by atoms with E-state index in [1.165, 1.54) is 31.9 Å². The van der Waals surface area contributed by atoms with Crippen molar-refractivity contribution in [1.82, 2.24) is 9.21 Å². The molecule has 4 fully saturated rings. The van der Waals surface area contributed by atoms with E-state index in [-0.39, 0.29) is 0 Å². The molecule has 4 aliphatic rings. The highest BCUT2D eigenvalue weighted by molar-refractivity contribution is 7.88. The first-order valence-electron chi connectivity index (χ1n) is 13.1. The Morgan fingerprint density at radius 3 is 2.38 bits per heavy atom. The van der Waals surface area contributed by atoms with Crippen LogP contribution in [-0.4, -0.2) is 79.0 Å². The van der Waals surface area contributed by atoms with E-state index in [1.54, 1.807) is 9.88 Å². The SMILES string of the molecule is C=C1[C@H](O)CC(=C/C=C2\CCC[C@]3(C)[C@@H](C(C)CN4CCN(S(C)(=O)=O)CC4)CC[C@@H]23)C[C@@H]1O. The minimum atomic E-state index is -3.08. The minimum Gasteiger partial charge on any atom is -0.388 e. The predicted octanol–water partition coefficient (Wildman–Crippen LogP) is 3.34. The van der Waals surface area contributed by atoms with Gasteiger partial charge >= 0.3 is 0 Å². The van der Waals surface area contributed by atoms with Gasteiger partial charge in [0.1, 0.15) is 0 Å². The van der Waals surface area contributed by atoms with E-state index in [2.05, 4.69) is 37.5 Å². The summed E-state index contributed by atoms with van der Waals surface area (Å²) in [6.45, 7) is 12.6. The maximum absolute atomic E-state index is 11.8. The molecule has 3 aliphatic carbocycles. The summed E-state index contributed by atoms with van der Waals surface area (Å²) in [6.07, 6.45) is 11.8. The molecule has 6 atom stereocenters. The van der Waals surface area contributed by atoms with Crippen LogP contribution in [0.15, 0.2) is 35.5 Å². The van der Waals surface area contributed by atoms with Gasteiger partial charge in [0.25, 0.3) is 0 Å². The average Bonchev–Trinajstić information content (AvgIpc) is 3.13. The lowest BCUT2D eigenvalue weighted by Crippen LogP contribution is -2.50. The highest BCUT2D eigenvalue weighted by atomic mass is 32.2. The number of hydrogen-bond donors (Lipinski definition) is 2. The van der Waals surface area contributed by atoms with Gasteiger partial charge in [-0.15, -0.1) is 0 Å². The highest BCUT2D eigenvalue weighted by Gasteiger charge is 2.50. The second-order valence-corrected chi connectivity index (χ2v) is 13.6. The van der Waals surface area contributed by atoms with Crippen molar-refractivity contribution >= 4 is 10.0 Å². The van der Waals surface area contributed by atoms with Gasteiger partial charge in [-0.05, 0) is 73.7 Å². The molecular weight excluding hydrogens is 448 g/mol. The molecule has 3 saturated carbocycles. The van der Waals surface area contributed by atoms with E-state index in [4.69, 9.17) is 0 Å². The van der Waals surface area contributed by atoms with E-state index in [0.29, 0.717) is 54.7 Å². The normalized spacial score (nSPS) is 39.5. The van der Waals surface area contributed by atoms with Crippen molar-refractivity contribution in [3.05, 3.63) is 35.5 Å². The van der Waals surface area contributed by atoms with Crippen molar-refractivity contribution in [2.75, 3.05) is 39.0 Å². The number of fused-ring (bicyclic) bond motifs is 1. The molecule has 1 unspecified atom stereocenters. The summed E-state index contributed by atoms with van der Waals surface area (Å²) in [4.78, 5) is 2.46. The summed E-state index contributed by atoms with van der Waals surface area (Å²) in [6, 6.07) is 0. The molecule has 4 rings (SSSR count). The number of nitrogens with zero attached hydrogens (tertiary/aromatic N) is 2. The fraction of sp³-hybridized carbons (Fsp3) is 0.778. The third-order valence-electron chi connectivity index (χ3n) is 9.37. The third kappa shape index (κ3) is 5.39. The molecule has 1 saturated heterocycles. The van der Waals surface area contributed by atoms with Crippen LogP contribution < -0.4 is 0 Å². The summed E-state index contributed by atoms with van der Waals surface area (Å²) < 4.78 is 25.3. The molecule has 0 radical (unpaired) electrons. The topological polar surface area (TPSA) is 81.1 Å². The van der Waals surface area contributed by atoms with Crippen molar-refractivity contribution in [2.45, 2.75) is 71.0 Å². The van der Waals surface area contributed by atoms with Gasteiger partial charge in [-0.2, -0.15) is 4.31 Å². The van der Waals surface area contributed by atoms with E-state index < -0.39 is 22.2 Å². The van der Waals surface area contributed by atoms with Gasteiger partial charge in [-0.3, -0.25) is 0 Å². The highest BCUT2D eigenvalue weighted by Crippen LogP contribution is 2.59. The van der Waals surface area contributed by atoms with Gasteiger partial charge < -0.3 is 15.1 Å². The van der Waals surface area contributed by atoms with Crippen LogP contribution in [0.5, 0.6) is 0 Å². The van der Waals surface area contributed by atoms with Crippen molar-refractivity contribution in [2.24, 2.45) is 23.2 Å². The van der Waals surface area contributed by atoms with E-state index in [1.807, 2.05) is 0 Å². The van der Waals surface area contributed by atoms with Gasteiger partial charge in [0.2, 0.25) is 10.0 Å². The number of sulfonamides is 1. The summed E-state index contributed by atoms with van der Waals surface area (Å²) in [7, 11) is -3.08. The molecule has 34 heavy (non-hydrogen) atoms. The molecule has 192 valence electrons. The molecule has 0 spiro atoms. The van der Waals surface area contributed by atoms with Crippen molar-refractivity contribution in [3.8, 4) is 0 Å². The third-order valence-corrected chi connectivity index (χ3v) is 10.7. The number of aliphatic hydroxyl groups excluding tert-OH is 2. The molecule has 7 heteroatoms. The monoisotopic (exact) mass is 492 g/mol. The van der Waals surface area contributed by atoms with Crippen LogP contribution in [0.4, 0.5) is 0 Å². The van der Waals surface area contributed by atoms with Crippen LogP contribution in [0, 0.1) is 23.2 Å². The first-order chi connectivity index (χ1) is 16.0. The van der Waals surface area contributed by atoms with E-state index >= 15 is 0 Å². The maximum Gasteiger partial charge on any atom is 0.211 e. The van der Waals surface area contributed by atoms with Crippen LogP contribution in [0.3, 0.4) is 0 Å². The summed E-state index contributed by atoms with van der Waals surface area (Å²) >= 11 is 0. The van der Waals surface area contributed by atoms with Crippen LogP contribution in [0.1, 0.15) is 58.8 Å². The Hall–Kier alpha value is -0.990. The lowest BCUT2D eigenvalue weighted by Gasteiger charge is -2.45. The maximum atomic E-state index is 11.8. The zero-order valence-corrected chi connectivity index (χ0v) is 22.1. The molecule has 0 aromatic carbocycles. The van der Waals surface area contributed by atoms with Crippen LogP contribution in [-0.2, 0) is 10.0 Å². The first-order valence-corrected chi connectivity index (χ1v) is 14.9. The van der Waals surface area contributed by atoms with Crippen LogP contribution in [0.25, 0.3) is 0 Å². The van der Waals surface area contributed by atoms with Crippen molar-refractivity contribution < 1.29 is 18.6 Å². The zero-order chi connectivity index (χ0) is 24.7. The van der Waals surface area contributed by atoms with E-state index in [9.17, 15) is 18.6 Å². The Morgan fingerprint density at radius 2 is 1.76 bits per heavy atom. The number of hydrogen-bond acceptors (Lipinski definition) is 5. The fourth-order valence-electron chi connectivity index (χ4n) is 7.42. The molecule has 0 amide bonds. The summed E-state index contributed by atoms with van der Waals surface area (Å²) in [5.41, 5.74) is 3.52. The standard InChI is InChI=1S/C27H44N2O4S/c1-19(18-28-12-14-29(15-13-28)34(4,32)33)23-9-10-24-22(6-5-11-27(23,24)3)8-7-21-16-25(30)20(2)26(31)17-21/h7-8,19,23-26,30-31H,2,5-6,9-18H2,1,3-4H3/b21-7?,22-8+/t19?,23-,24+,25-,26+,27-/m1/s1. The molecular formula is C27H44N2O4S. The van der Waals surface area contributed by atoms with E-state index in [0.717, 1.165) is 31.6 Å². The Labute approximate surface area is 206 Å². The molecule has 2 N–H and O–H groups in total. The number of rotatable bonds is 5. The van der Waals surface area contributed by atoms with Gasteiger partial charge in [-0.1, -0.05) is 43.7 Å².